The lowest BCUT2D eigenvalue weighted by molar-refractivity contribution is -0.384. The van der Waals surface area contributed by atoms with Gasteiger partial charge < -0.3 is 15.4 Å². The fourth-order valence-corrected chi connectivity index (χ4v) is 2.31. The zero-order valence-corrected chi connectivity index (χ0v) is 14.2. The van der Waals surface area contributed by atoms with Crippen LogP contribution in [0.1, 0.15) is 5.56 Å². The molecule has 2 aromatic carbocycles. The number of carbonyl (C=O) groups excluding carboxylic acids is 1. The van der Waals surface area contributed by atoms with E-state index in [0.717, 1.165) is 0 Å². The summed E-state index contributed by atoms with van der Waals surface area (Å²) in [7, 11) is 0. The maximum absolute atomic E-state index is 12.2. The van der Waals surface area contributed by atoms with Crippen molar-refractivity contribution >= 4 is 34.6 Å². The average Bonchev–Trinajstić information content (AvgIpc) is 2.56. The van der Waals surface area contributed by atoms with Gasteiger partial charge in [-0.15, -0.1) is 0 Å². The van der Waals surface area contributed by atoms with Crippen LogP contribution in [0.2, 0.25) is 5.02 Å². The van der Waals surface area contributed by atoms with Crippen molar-refractivity contribution in [2.24, 2.45) is 0 Å². The van der Waals surface area contributed by atoms with Crippen LogP contribution in [0.4, 0.5) is 25.8 Å². The number of nitrogens with one attached hydrogen (secondary N) is 2. The molecular formula is C16H14ClF2N3O4. The van der Waals surface area contributed by atoms with Crippen LogP contribution < -0.4 is 15.4 Å². The first kappa shape index (κ1) is 19.4. The van der Waals surface area contributed by atoms with Crippen molar-refractivity contribution < 1.29 is 23.2 Å². The summed E-state index contributed by atoms with van der Waals surface area (Å²) in [5.41, 5.74) is 1.36. The van der Waals surface area contributed by atoms with E-state index in [2.05, 4.69) is 15.4 Å². The predicted molar refractivity (Wildman–Crippen MR) is 93.0 cm³/mol. The Morgan fingerprint density at radius 3 is 2.62 bits per heavy atom. The number of halogens is 3. The Balaban J connectivity index is 1.95. The smallest absolute Gasteiger partial charge is 0.387 e. The third-order valence-corrected chi connectivity index (χ3v) is 3.59. The Morgan fingerprint density at radius 2 is 2.04 bits per heavy atom. The van der Waals surface area contributed by atoms with E-state index in [1.54, 1.807) is 6.92 Å². The van der Waals surface area contributed by atoms with Crippen LogP contribution in [0.5, 0.6) is 5.75 Å². The van der Waals surface area contributed by atoms with Crippen LogP contribution >= 0.6 is 11.6 Å². The lowest BCUT2D eigenvalue weighted by Crippen LogP contribution is -2.22. The second-order valence-electron chi connectivity index (χ2n) is 5.18. The molecule has 2 aromatic rings. The van der Waals surface area contributed by atoms with Crippen molar-refractivity contribution in [2.45, 2.75) is 13.5 Å². The molecule has 0 spiro atoms. The number of carbonyl (C=O) groups is 1. The Kier molecular flexibility index (Phi) is 6.29. The molecule has 0 fully saturated rings. The summed E-state index contributed by atoms with van der Waals surface area (Å²) in [6, 6.07) is 8.13. The van der Waals surface area contributed by atoms with Crippen LogP contribution in [-0.4, -0.2) is 24.0 Å². The van der Waals surface area contributed by atoms with Gasteiger partial charge in [-0.05, 0) is 36.8 Å². The van der Waals surface area contributed by atoms with Crippen LogP contribution in [0.15, 0.2) is 36.4 Å². The Hall–Kier alpha value is -2.94. The number of hydrogen-bond acceptors (Lipinski definition) is 5. The molecule has 1 amide bonds. The van der Waals surface area contributed by atoms with Crippen molar-refractivity contribution in [2.75, 3.05) is 17.2 Å². The highest BCUT2D eigenvalue weighted by atomic mass is 35.5. The Morgan fingerprint density at radius 1 is 1.31 bits per heavy atom. The number of rotatable bonds is 7. The highest BCUT2D eigenvalue weighted by Crippen LogP contribution is 2.29. The summed E-state index contributed by atoms with van der Waals surface area (Å²) < 4.78 is 28.6. The van der Waals surface area contributed by atoms with Gasteiger partial charge in [0.05, 0.1) is 16.5 Å². The highest BCUT2D eigenvalue weighted by Gasteiger charge is 2.11. The summed E-state index contributed by atoms with van der Waals surface area (Å²) in [6.45, 7) is -1.47. The van der Waals surface area contributed by atoms with E-state index in [9.17, 15) is 23.7 Å². The van der Waals surface area contributed by atoms with E-state index in [0.29, 0.717) is 16.9 Å². The molecule has 0 atom stereocenters. The number of aryl methyl sites for hydroxylation is 1. The molecule has 0 saturated carbocycles. The normalized spacial score (nSPS) is 10.5. The number of non-ortho nitro benzene ring substituents is 1. The molecule has 0 unspecified atom stereocenters. The summed E-state index contributed by atoms with van der Waals surface area (Å²) in [5.74, 6) is -0.566. The molecule has 0 bridgehead atoms. The van der Waals surface area contributed by atoms with Gasteiger partial charge in [0.2, 0.25) is 5.91 Å². The molecule has 0 aliphatic heterocycles. The molecule has 26 heavy (non-hydrogen) atoms. The fraction of sp³-hybridized carbons (Fsp3) is 0.188. The van der Waals surface area contributed by atoms with E-state index >= 15 is 0 Å². The number of ether oxygens (including phenoxy) is 1. The van der Waals surface area contributed by atoms with Gasteiger partial charge in [0.25, 0.3) is 5.69 Å². The van der Waals surface area contributed by atoms with Gasteiger partial charge in [-0.2, -0.15) is 8.78 Å². The molecule has 0 heterocycles. The molecule has 2 rings (SSSR count). The Bertz CT molecular complexity index is 833. The molecular weight excluding hydrogens is 372 g/mol. The quantitative estimate of drug-likeness (QED) is 0.550. The SMILES string of the molecule is Cc1cc([N+](=O)[O-])ccc1NC(=O)CNc1ccc(OC(F)F)c(Cl)c1. The average molecular weight is 386 g/mol. The third kappa shape index (κ3) is 5.28. The number of nitro groups is 1. The number of anilines is 2. The number of alkyl halides is 2. The number of nitrogens with zero attached hydrogens (tertiary/aromatic N) is 1. The summed E-state index contributed by atoms with van der Waals surface area (Å²) in [4.78, 5) is 22.2. The van der Waals surface area contributed by atoms with E-state index in [1.807, 2.05) is 0 Å². The van der Waals surface area contributed by atoms with Crippen molar-refractivity contribution in [3.8, 4) is 5.75 Å². The third-order valence-electron chi connectivity index (χ3n) is 3.30. The van der Waals surface area contributed by atoms with Gasteiger partial charge in [-0.25, -0.2) is 0 Å². The minimum absolute atomic E-state index is 0.0260. The van der Waals surface area contributed by atoms with Crippen molar-refractivity contribution in [3.05, 3.63) is 57.1 Å². The molecule has 0 saturated heterocycles. The first-order chi connectivity index (χ1) is 12.3. The molecule has 138 valence electrons. The van der Waals surface area contributed by atoms with Gasteiger partial charge in [-0.1, -0.05) is 11.6 Å². The largest absolute Gasteiger partial charge is 0.433 e. The summed E-state index contributed by atoms with van der Waals surface area (Å²) in [5, 5.41) is 16.1. The number of nitro benzene ring substituents is 1. The van der Waals surface area contributed by atoms with Crippen molar-refractivity contribution in [1.29, 1.82) is 0 Å². The monoisotopic (exact) mass is 385 g/mol. The van der Waals surface area contributed by atoms with Crippen molar-refractivity contribution in [1.82, 2.24) is 0 Å². The van der Waals surface area contributed by atoms with Crippen LogP contribution in [0.3, 0.4) is 0 Å². The number of hydrogen-bond donors (Lipinski definition) is 2. The molecule has 0 aromatic heterocycles. The van der Waals surface area contributed by atoms with E-state index in [-0.39, 0.29) is 23.0 Å². The molecule has 0 aliphatic carbocycles. The van der Waals surface area contributed by atoms with Crippen molar-refractivity contribution in [3.63, 3.8) is 0 Å². The van der Waals surface area contributed by atoms with Crippen LogP contribution in [-0.2, 0) is 4.79 Å². The highest BCUT2D eigenvalue weighted by molar-refractivity contribution is 6.32. The summed E-state index contributed by atoms with van der Waals surface area (Å²) >= 11 is 5.83. The Labute approximate surface area is 152 Å². The number of benzene rings is 2. The number of amides is 1. The topological polar surface area (TPSA) is 93.5 Å². The van der Waals surface area contributed by atoms with E-state index < -0.39 is 17.4 Å². The van der Waals surface area contributed by atoms with E-state index in [4.69, 9.17) is 11.6 Å². The van der Waals surface area contributed by atoms with Gasteiger partial charge >= 0.3 is 6.61 Å². The fourth-order valence-electron chi connectivity index (χ4n) is 2.08. The summed E-state index contributed by atoms with van der Waals surface area (Å²) in [6.07, 6.45) is 0. The molecule has 2 N–H and O–H groups in total. The van der Waals surface area contributed by atoms with Crippen LogP contribution in [0, 0.1) is 17.0 Å². The van der Waals surface area contributed by atoms with Crippen LogP contribution in [0.25, 0.3) is 0 Å². The maximum atomic E-state index is 12.2. The molecule has 0 radical (unpaired) electrons. The van der Waals surface area contributed by atoms with Gasteiger partial charge in [-0.3, -0.25) is 14.9 Å². The predicted octanol–water partition coefficient (Wildman–Crippen LogP) is 4.21. The zero-order chi connectivity index (χ0) is 19.3. The zero-order valence-electron chi connectivity index (χ0n) is 13.5. The minimum atomic E-state index is -2.98. The molecule has 10 heteroatoms. The molecule has 0 aliphatic rings. The molecule has 7 nitrogen and oxygen atoms in total. The second-order valence-corrected chi connectivity index (χ2v) is 5.59. The first-order valence-electron chi connectivity index (χ1n) is 7.29. The lowest BCUT2D eigenvalue weighted by Gasteiger charge is -2.11. The minimum Gasteiger partial charge on any atom is -0.433 e. The standard InChI is InChI=1S/C16H14ClF2N3O4/c1-9-6-11(22(24)25)3-4-13(9)21-15(23)8-20-10-2-5-14(12(17)7-10)26-16(18)19/h2-7,16,20H,8H2,1H3,(H,21,23). The maximum Gasteiger partial charge on any atom is 0.387 e. The lowest BCUT2D eigenvalue weighted by atomic mass is 10.2. The van der Waals surface area contributed by atoms with Gasteiger partial charge in [0.15, 0.2) is 0 Å². The van der Waals surface area contributed by atoms with E-state index in [1.165, 1.54) is 36.4 Å². The van der Waals surface area contributed by atoms with Gasteiger partial charge in [0.1, 0.15) is 5.75 Å². The first-order valence-corrected chi connectivity index (χ1v) is 7.67. The second kappa shape index (κ2) is 8.43. The van der Waals surface area contributed by atoms with Gasteiger partial charge in [0, 0.05) is 23.5 Å².